The molecular formula is C23H35F2N5O13P+. The van der Waals surface area contributed by atoms with Gasteiger partial charge in [-0.1, -0.05) is 4.98 Å². The number of hydrogen-bond donors (Lipinski definition) is 3. The molecule has 248 valence electrons. The molecular weight excluding hydrogens is 623 g/mol. The number of nitrogens with one attached hydrogen (secondary N) is 1. The summed E-state index contributed by atoms with van der Waals surface area (Å²) in [5.41, 5.74) is 3.00. The average Bonchev–Trinajstić information content (AvgIpc) is 3.39. The number of carbonyl (C=O) groups excluding carboxylic acids is 2. The minimum Gasteiger partial charge on any atom is -0.475 e. The number of aliphatic hydroxyl groups excluding tert-OH is 1. The van der Waals surface area contributed by atoms with E-state index in [2.05, 4.69) is 24.4 Å². The van der Waals surface area contributed by atoms with Gasteiger partial charge in [0.25, 0.3) is 11.7 Å². The number of nitrogens with zero attached hydrogens (tertiary/aromatic N) is 3. The van der Waals surface area contributed by atoms with Crippen molar-refractivity contribution in [2.24, 2.45) is 0 Å². The maximum Gasteiger partial charge on any atom is 0.510 e. The van der Waals surface area contributed by atoms with Crippen LogP contribution in [-0.2, 0) is 41.8 Å². The molecule has 4 atom stereocenters. The summed E-state index contributed by atoms with van der Waals surface area (Å²) in [5, 5.41) is 10.7. The van der Waals surface area contributed by atoms with Crippen LogP contribution in [0, 0.1) is 0 Å². The van der Waals surface area contributed by atoms with E-state index < -0.39 is 76.4 Å². The van der Waals surface area contributed by atoms with Gasteiger partial charge in [0, 0.05) is 0 Å². The van der Waals surface area contributed by atoms with Gasteiger partial charge >= 0.3 is 31.7 Å². The van der Waals surface area contributed by atoms with Crippen LogP contribution in [0.3, 0.4) is 0 Å². The molecule has 0 aromatic carbocycles. The van der Waals surface area contributed by atoms with Crippen molar-refractivity contribution in [3.05, 3.63) is 6.33 Å². The van der Waals surface area contributed by atoms with Gasteiger partial charge in [-0.05, 0) is 41.5 Å². The first-order valence-corrected chi connectivity index (χ1v) is 14.6. The first-order valence-electron chi connectivity index (χ1n) is 13.1. The van der Waals surface area contributed by atoms with Gasteiger partial charge in [0.2, 0.25) is 25.3 Å². The van der Waals surface area contributed by atoms with Crippen LogP contribution in [0.15, 0.2) is 6.33 Å². The number of carbonyl (C=O) groups is 2. The summed E-state index contributed by atoms with van der Waals surface area (Å²) >= 11 is 0. The van der Waals surface area contributed by atoms with Crippen LogP contribution in [0.25, 0.3) is 11.2 Å². The van der Waals surface area contributed by atoms with E-state index in [4.69, 9.17) is 38.3 Å². The van der Waals surface area contributed by atoms with Crippen LogP contribution >= 0.6 is 7.82 Å². The predicted octanol–water partition coefficient (Wildman–Crippen LogP) is 2.71. The zero-order valence-corrected chi connectivity index (χ0v) is 25.6. The molecule has 21 heteroatoms. The van der Waals surface area contributed by atoms with Gasteiger partial charge in [-0.15, -0.1) is 0 Å². The van der Waals surface area contributed by atoms with Gasteiger partial charge in [-0.2, -0.15) is 4.98 Å². The second-order valence-corrected chi connectivity index (χ2v) is 11.5. The number of anilines is 1. The Morgan fingerprint density at radius 2 is 1.68 bits per heavy atom. The second-order valence-electron chi connectivity index (χ2n) is 9.85. The first-order chi connectivity index (χ1) is 20.5. The number of aliphatic hydroxyl groups is 1. The summed E-state index contributed by atoms with van der Waals surface area (Å²) < 4.78 is 90.2. The van der Waals surface area contributed by atoms with Crippen molar-refractivity contribution in [1.29, 1.82) is 0 Å². The molecule has 0 saturated carbocycles. The van der Waals surface area contributed by atoms with Gasteiger partial charge in [-0.25, -0.2) is 36.5 Å². The van der Waals surface area contributed by atoms with Crippen molar-refractivity contribution in [2.45, 2.75) is 77.6 Å². The number of H-pyrrole nitrogens is 1. The van der Waals surface area contributed by atoms with Gasteiger partial charge in [0.1, 0.15) is 6.61 Å². The van der Waals surface area contributed by atoms with Crippen molar-refractivity contribution in [1.82, 2.24) is 15.0 Å². The Kier molecular flexibility index (Phi) is 11.3. The number of phosphoric ester groups is 1. The second kappa shape index (κ2) is 14.1. The van der Waals surface area contributed by atoms with Crippen LogP contribution in [0.1, 0.15) is 47.8 Å². The zero-order chi connectivity index (χ0) is 32.9. The van der Waals surface area contributed by atoms with Crippen molar-refractivity contribution in [3.63, 3.8) is 0 Å². The number of alkyl halides is 2. The van der Waals surface area contributed by atoms with Crippen LogP contribution in [0.2, 0.25) is 0 Å². The Bertz CT molecular complexity index is 1330. The smallest absolute Gasteiger partial charge is 0.475 e. The largest absolute Gasteiger partial charge is 0.510 e. The third kappa shape index (κ3) is 8.39. The molecule has 0 spiro atoms. The highest BCUT2D eigenvalue weighted by Crippen LogP contribution is 2.53. The molecule has 0 aliphatic carbocycles. The van der Waals surface area contributed by atoms with Crippen molar-refractivity contribution < 1.29 is 74.6 Å². The molecule has 4 N–H and O–H groups in total. The lowest BCUT2D eigenvalue weighted by Gasteiger charge is -2.26. The molecule has 1 aliphatic heterocycles. The molecule has 3 rings (SSSR count). The SMILES string of the molecule is CCOc1nc(N)nc2c1[nH]c[n+]2C1OC(F)(COP(=O)(OCOC(=O)OC(C)C)OCOC(=O)OC(C)C)C(O)C1(C)F. The normalized spacial score (nSPS) is 23.7. The van der Waals surface area contributed by atoms with Gasteiger partial charge in [0.15, 0.2) is 18.1 Å². The summed E-state index contributed by atoms with van der Waals surface area (Å²) in [6.45, 7) is 5.19. The van der Waals surface area contributed by atoms with Crippen LogP contribution in [0.5, 0.6) is 5.88 Å². The number of hydrogen-bond acceptors (Lipinski definition) is 16. The van der Waals surface area contributed by atoms with Gasteiger partial charge in [-0.3, -0.25) is 9.51 Å². The number of nitrogens with two attached hydrogens (primary N) is 1. The summed E-state index contributed by atoms with van der Waals surface area (Å²) in [4.78, 5) is 34.0. The van der Waals surface area contributed by atoms with Crippen LogP contribution in [-0.4, -0.2) is 89.0 Å². The van der Waals surface area contributed by atoms with Crippen molar-refractivity contribution in [3.8, 4) is 5.88 Å². The number of aromatic amines is 1. The van der Waals surface area contributed by atoms with E-state index in [0.29, 0.717) is 0 Å². The number of imidazole rings is 1. The number of fused-ring (bicyclic) bond motifs is 1. The number of rotatable bonds is 14. The van der Waals surface area contributed by atoms with E-state index >= 15 is 8.78 Å². The molecule has 44 heavy (non-hydrogen) atoms. The van der Waals surface area contributed by atoms with E-state index in [9.17, 15) is 19.3 Å². The fourth-order valence-electron chi connectivity index (χ4n) is 3.75. The maximum absolute atomic E-state index is 16.1. The maximum atomic E-state index is 16.1. The highest BCUT2D eigenvalue weighted by atomic mass is 31.2. The average molecular weight is 659 g/mol. The number of aromatic nitrogens is 4. The molecule has 2 aromatic heterocycles. The Balaban J connectivity index is 1.80. The fraction of sp³-hybridized carbons (Fsp3) is 0.696. The molecule has 3 heterocycles. The van der Waals surface area contributed by atoms with Gasteiger partial charge < -0.3 is 39.3 Å². The van der Waals surface area contributed by atoms with E-state index in [1.807, 2.05) is 0 Å². The molecule has 0 amide bonds. The molecule has 0 radical (unpaired) electrons. The molecule has 18 nitrogen and oxygen atoms in total. The highest BCUT2D eigenvalue weighted by molar-refractivity contribution is 7.48. The Morgan fingerprint density at radius 3 is 2.20 bits per heavy atom. The molecule has 2 aromatic rings. The number of phosphoric acid groups is 1. The van der Waals surface area contributed by atoms with E-state index in [-0.39, 0.29) is 29.6 Å². The minimum atomic E-state index is -4.99. The number of nitrogen functional groups attached to an aromatic ring is 1. The molecule has 1 fully saturated rings. The van der Waals surface area contributed by atoms with E-state index in [1.54, 1.807) is 6.92 Å². The Labute approximate surface area is 249 Å². The van der Waals surface area contributed by atoms with Crippen molar-refractivity contribution in [2.75, 3.05) is 32.5 Å². The number of ether oxygens (including phenoxy) is 6. The molecule has 0 bridgehead atoms. The number of halogens is 2. The fourth-order valence-corrected chi connectivity index (χ4v) is 4.67. The summed E-state index contributed by atoms with van der Waals surface area (Å²) in [7, 11) is -4.99. The Hall–Kier alpha value is -3.42. The highest BCUT2D eigenvalue weighted by Gasteiger charge is 2.66. The standard InChI is InChI=1S/C23H34F2N5O13P/c1-7-35-16-14-15(28-19(26)29-16)30(9-27-14)18-22(6,24)17(31)23(25,43-18)8-38-44(34,39-10-36-20(32)41-12(2)3)40-11-37-21(33)42-13(4)5/h9,12-13,17-18,31H,7-8,10-11H2,1-6H3,(H2,26,28,29)/p+1. The van der Waals surface area contributed by atoms with Gasteiger partial charge in [0.05, 0.1) is 18.8 Å². The predicted molar refractivity (Wildman–Crippen MR) is 140 cm³/mol. The lowest BCUT2D eigenvalue weighted by molar-refractivity contribution is -0.752. The van der Waals surface area contributed by atoms with Crippen LogP contribution in [0.4, 0.5) is 24.3 Å². The summed E-state index contributed by atoms with van der Waals surface area (Å²) in [6, 6.07) is 0. The molecule has 1 saturated heterocycles. The topological polar surface area (TPSA) is 226 Å². The Morgan fingerprint density at radius 1 is 1.11 bits per heavy atom. The zero-order valence-electron chi connectivity index (χ0n) is 24.7. The third-order valence-corrected chi connectivity index (χ3v) is 6.88. The monoisotopic (exact) mass is 658 g/mol. The van der Waals surface area contributed by atoms with Crippen LogP contribution < -0.4 is 15.0 Å². The van der Waals surface area contributed by atoms with E-state index in [1.165, 1.54) is 34.0 Å². The lowest BCUT2D eigenvalue weighted by atomic mass is 9.97. The summed E-state index contributed by atoms with van der Waals surface area (Å²) in [6.07, 6.45) is -6.85. The first kappa shape index (κ1) is 35.1. The molecule has 4 unspecified atom stereocenters. The van der Waals surface area contributed by atoms with Crippen molar-refractivity contribution >= 4 is 37.2 Å². The lowest BCUT2D eigenvalue weighted by Crippen LogP contribution is -2.51. The molecule has 1 aliphatic rings. The summed E-state index contributed by atoms with van der Waals surface area (Å²) in [5.74, 6) is -3.61. The van der Waals surface area contributed by atoms with E-state index in [0.717, 1.165) is 11.5 Å². The quantitative estimate of drug-likeness (QED) is 0.115. The third-order valence-electron chi connectivity index (χ3n) is 5.59. The minimum absolute atomic E-state index is 0.0249.